The second-order valence-corrected chi connectivity index (χ2v) is 14.0. The lowest BCUT2D eigenvalue weighted by atomic mass is 9.99. The first-order valence-electron chi connectivity index (χ1n) is 16.6. The molecule has 12 aromatic rings. The van der Waals surface area contributed by atoms with Gasteiger partial charge in [-0.1, -0.05) is 115 Å². The molecule has 49 heavy (non-hydrogen) atoms. The van der Waals surface area contributed by atoms with Gasteiger partial charge in [-0.15, -0.1) is 11.3 Å². The van der Waals surface area contributed by atoms with E-state index in [0.717, 1.165) is 32.5 Å². The van der Waals surface area contributed by atoms with Crippen molar-refractivity contribution in [1.29, 1.82) is 0 Å². The molecule has 0 bridgehead atoms. The number of hydrogen-bond acceptors (Lipinski definition) is 3. The van der Waals surface area contributed by atoms with Gasteiger partial charge < -0.3 is 4.40 Å². The molecule has 4 nitrogen and oxygen atoms in total. The third-order valence-electron chi connectivity index (χ3n) is 10.5. The van der Waals surface area contributed by atoms with Crippen molar-refractivity contribution in [3.8, 4) is 17.2 Å². The van der Waals surface area contributed by atoms with Crippen molar-refractivity contribution in [3.63, 3.8) is 0 Å². The van der Waals surface area contributed by atoms with E-state index in [1.54, 1.807) is 11.3 Å². The molecule has 7 aromatic carbocycles. The average molecular weight is 641 g/mol. The molecule has 0 fully saturated rings. The van der Waals surface area contributed by atoms with Crippen molar-refractivity contribution < 1.29 is 0 Å². The van der Waals surface area contributed by atoms with Crippen LogP contribution in [0.5, 0.6) is 0 Å². The summed E-state index contributed by atoms with van der Waals surface area (Å²) in [5, 5.41) is 12.3. The molecule has 0 saturated carbocycles. The normalized spacial score (nSPS) is 12.5. The molecule has 226 valence electrons. The Hall–Kier alpha value is -6.30. The van der Waals surface area contributed by atoms with E-state index < -0.39 is 0 Å². The number of thiophene rings is 1. The Bertz CT molecular complexity index is 3330. The van der Waals surface area contributed by atoms with E-state index in [1.807, 2.05) is 0 Å². The number of rotatable bonds is 2. The van der Waals surface area contributed by atoms with Gasteiger partial charge in [0.2, 0.25) is 5.95 Å². The molecule has 0 amide bonds. The predicted molar refractivity (Wildman–Crippen MR) is 207 cm³/mol. The van der Waals surface area contributed by atoms with Gasteiger partial charge in [0, 0.05) is 53.4 Å². The molecule has 0 unspecified atom stereocenters. The van der Waals surface area contributed by atoms with Gasteiger partial charge in [-0.3, -0.25) is 4.57 Å². The molecular weight excluding hydrogens is 617 g/mol. The monoisotopic (exact) mass is 640 g/mol. The third kappa shape index (κ3) is 3.23. The number of para-hydroxylation sites is 2. The van der Waals surface area contributed by atoms with Crippen LogP contribution >= 0.6 is 11.3 Å². The van der Waals surface area contributed by atoms with E-state index in [9.17, 15) is 0 Å². The number of benzene rings is 7. The Kier molecular flexibility index (Phi) is 4.83. The molecule has 5 heteroatoms. The maximum absolute atomic E-state index is 5.51. The Morgan fingerprint density at radius 2 is 1.14 bits per heavy atom. The first-order valence-corrected chi connectivity index (χ1v) is 17.4. The van der Waals surface area contributed by atoms with Gasteiger partial charge in [-0.05, 0) is 41.1 Å². The number of nitrogens with zero attached hydrogens (tertiary/aromatic N) is 4. The van der Waals surface area contributed by atoms with E-state index in [1.165, 1.54) is 69.7 Å². The zero-order valence-electron chi connectivity index (χ0n) is 26.1. The van der Waals surface area contributed by atoms with E-state index in [-0.39, 0.29) is 0 Å². The van der Waals surface area contributed by atoms with Crippen LogP contribution in [0.15, 0.2) is 146 Å². The summed E-state index contributed by atoms with van der Waals surface area (Å²) >= 11 is 1.74. The van der Waals surface area contributed by atoms with Crippen molar-refractivity contribution in [2.45, 2.75) is 0 Å². The largest absolute Gasteiger partial charge is 0.308 e. The molecule has 0 saturated heterocycles. The van der Waals surface area contributed by atoms with Crippen LogP contribution in [0, 0.1) is 0 Å². The van der Waals surface area contributed by atoms with Crippen LogP contribution in [-0.2, 0) is 0 Å². The molecule has 12 rings (SSSR count). The van der Waals surface area contributed by atoms with E-state index in [4.69, 9.17) is 9.97 Å². The second kappa shape index (κ2) is 9.19. The Balaban J connectivity index is 1.35. The smallest absolute Gasteiger partial charge is 0.236 e. The molecule has 0 radical (unpaired) electrons. The quantitative estimate of drug-likeness (QED) is 0.188. The predicted octanol–water partition coefficient (Wildman–Crippen LogP) is 11.9. The van der Waals surface area contributed by atoms with Gasteiger partial charge in [0.25, 0.3) is 0 Å². The van der Waals surface area contributed by atoms with E-state index in [2.05, 4.69) is 155 Å². The van der Waals surface area contributed by atoms with Crippen LogP contribution in [0.1, 0.15) is 0 Å². The van der Waals surface area contributed by atoms with Crippen LogP contribution in [0.3, 0.4) is 0 Å². The second-order valence-electron chi connectivity index (χ2n) is 12.9. The summed E-state index contributed by atoms with van der Waals surface area (Å²) in [6, 6.07) is 52.5. The van der Waals surface area contributed by atoms with Gasteiger partial charge in [0.05, 0.1) is 33.3 Å². The van der Waals surface area contributed by atoms with E-state index in [0.29, 0.717) is 5.95 Å². The molecule has 5 aromatic heterocycles. The lowest BCUT2D eigenvalue weighted by molar-refractivity contribution is 1.02. The first-order chi connectivity index (χ1) is 24.3. The number of fused-ring (bicyclic) bond motifs is 15. The van der Waals surface area contributed by atoms with Crippen molar-refractivity contribution in [3.05, 3.63) is 146 Å². The van der Waals surface area contributed by atoms with Gasteiger partial charge in [0.15, 0.2) is 0 Å². The summed E-state index contributed by atoms with van der Waals surface area (Å²) in [5.74, 6) is 0.690. The van der Waals surface area contributed by atoms with Crippen LogP contribution in [0.2, 0.25) is 0 Å². The van der Waals surface area contributed by atoms with Crippen LogP contribution in [0.4, 0.5) is 0 Å². The van der Waals surface area contributed by atoms with Crippen molar-refractivity contribution in [2.24, 2.45) is 0 Å². The highest BCUT2D eigenvalue weighted by atomic mass is 32.1. The van der Waals surface area contributed by atoms with Crippen LogP contribution in [0.25, 0.3) is 108 Å². The van der Waals surface area contributed by atoms with Crippen LogP contribution in [-0.4, -0.2) is 18.9 Å². The van der Waals surface area contributed by atoms with Crippen molar-refractivity contribution >= 4 is 102 Å². The fourth-order valence-electron chi connectivity index (χ4n) is 8.51. The molecule has 0 aliphatic carbocycles. The lowest BCUT2D eigenvalue weighted by Gasteiger charge is -2.10. The van der Waals surface area contributed by atoms with Gasteiger partial charge in [-0.2, -0.15) is 0 Å². The first kappa shape index (κ1) is 25.7. The highest BCUT2D eigenvalue weighted by Crippen LogP contribution is 2.48. The van der Waals surface area contributed by atoms with Gasteiger partial charge in [0.1, 0.15) is 4.83 Å². The topological polar surface area (TPSA) is 35.1 Å². The lowest BCUT2D eigenvalue weighted by Crippen LogP contribution is -2.02. The zero-order valence-corrected chi connectivity index (χ0v) is 26.9. The fourth-order valence-corrected chi connectivity index (χ4v) is 9.58. The molecule has 0 spiro atoms. The molecule has 5 heterocycles. The Labute approximate surface area is 283 Å². The van der Waals surface area contributed by atoms with Crippen LogP contribution < -0.4 is 0 Å². The highest BCUT2D eigenvalue weighted by molar-refractivity contribution is 7.25. The summed E-state index contributed by atoms with van der Waals surface area (Å²) in [4.78, 5) is 11.9. The molecule has 0 aliphatic heterocycles. The summed E-state index contributed by atoms with van der Waals surface area (Å²) in [6.45, 7) is 0. The van der Waals surface area contributed by atoms with Gasteiger partial charge >= 0.3 is 0 Å². The Morgan fingerprint density at radius 3 is 2.00 bits per heavy atom. The summed E-state index contributed by atoms with van der Waals surface area (Å²) in [5.41, 5.74) is 8.00. The summed E-state index contributed by atoms with van der Waals surface area (Å²) in [7, 11) is 0. The minimum absolute atomic E-state index is 0.690. The minimum atomic E-state index is 0.690. The highest BCUT2D eigenvalue weighted by Gasteiger charge is 2.26. The number of hydrogen-bond donors (Lipinski definition) is 0. The molecule has 0 aliphatic rings. The van der Waals surface area contributed by atoms with Crippen molar-refractivity contribution in [1.82, 2.24) is 18.9 Å². The molecule has 0 atom stereocenters. The minimum Gasteiger partial charge on any atom is -0.308 e. The summed E-state index contributed by atoms with van der Waals surface area (Å²) in [6.07, 6.45) is 0. The maximum Gasteiger partial charge on any atom is 0.236 e. The maximum atomic E-state index is 5.51. The average Bonchev–Trinajstić information content (AvgIpc) is 3.90. The standard InChI is InChI=1S/C44H24N4S/c1-2-13-26(14-3-1)41-39-30-18-8-11-21-36(30)49-43(39)46-44(45-41)48-34-23-22-25-12-4-5-15-27(25)37(34)40-35(48)24-31-28-16-6-9-19-32(28)47-33-20-10-7-17-29(33)38(40)42(31)47/h1-24H. The van der Waals surface area contributed by atoms with Gasteiger partial charge in [-0.25, -0.2) is 9.97 Å². The third-order valence-corrected chi connectivity index (χ3v) is 11.5. The van der Waals surface area contributed by atoms with Crippen molar-refractivity contribution in [2.75, 3.05) is 0 Å². The zero-order chi connectivity index (χ0) is 31.8. The SMILES string of the molecule is c1ccc(-c2nc(-n3c4ccc5ccccc5c4c4c5c6ccccc6n6c7ccccc7c(cc43)c56)nc3sc4ccccc4c23)cc1. The van der Waals surface area contributed by atoms with E-state index >= 15 is 0 Å². The summed E-state index contributed by atoms with van der Waals surface area (Å²) < 4.78 is 6.01. The molecular formula is C44H24N4S. The molecule has 0 N–H and O–H groups in total. The fraction of sp³-hybridized carbons (Fsp3) is 0. The Morgan fingerprint density at radius 1 is 0.449 bits per heavy atom. The number of aromatic nitrogens is 4.